The lowest BCUT2D eigenvalue weighted by molar-refractivity contribution is -0.143. The first-order chi connectivity index (χ1) is 11.2. The molecule has 120 valence electrons. The Morgan fingerprint density at radius 2 is 1.65 bits per heavy atom. The van der Waals surface area contributed by atoms with E-state index in [1.807, 2.05) is 36.4 Å². The molecule has 3 rings (SSSR count). The highest BCUT2D eigenvalue weighted by Gasteiger charge is 2.30. The second kappa shape index (κ2) is 7.16. The first kappa shape index (κ1) is 16.0. The summed E-state index contributed by atoms with van der Waals surface area (Å²) in [5.41, 5.74) is 2.27. The first-order valence-electron chi connectivity index (χ1n) is 7.93. The van der Waals surface area contributed by atoms with E-state index in [2.05, 4.69) is 23.1 Å². The molecule has 0 spiro atoms. The third kappa shape index (κ3) is 3.57. The summed E-state index contributed by atoms with van der Waals surface area (Å²) in [6.07, 6.45) is 1.37. The van der Waals surface area contributed by atoms with Crippen LogP contribution in [0.3, 0.4) is 0 Å². The zero-order chi connectivity index (χ0) is 16.2. The summed E-state index contributed by atoms with van der Waals surface area (Å²) in [5.74, 6) is -0.910. The molecule has 1 saturated heterocycles. The van der Waals surface area contributed by atoms with Crippen molar-refractivity contribution in [1.82, 2.24) is 4.90 Å². The molecule has 0 amide bonds. The summed E-state index contributed by atoms with van der Waals surface area (Å²) in [4.78, 5) is 13.5. The van der Waals surface area contributed by atoms with Gasteiger partial charge in [-0.1, -0.05) is 60.1 Å². The van der Waals surface area contributed by atoms with Gasteiger partial charge in [-0.05, 0) is 43.1 Å². The molecule has 2 aromatic carbocycles. The van der Waals surface area contributed by atoms with Crippen LogP contribution in [0.4, 0.5) is 0 Å². The Hall–Kier alpha value is -1.84. The van der Waals surface area contributed by atoms with Gasteiger partial charge < -0.3 is 5.11 Å². The van der Waals surface area contributed by atoms with Gasteiger partial charge in [0, 0.05) is 5.02 Å². The Bertz CT molecular complexity index is 666. The van der Waals surface area contributed by atoms with Crippen molar-refractivity contribution in [3.63, 3.8) is 0 Å². The zero-order valence-corrected chi connectivity index (χ0v) is 13.6. The Morgan fingerprint density at radius 1 is 1.04 bits per heavy atom. The number of rotatable bonds is 4. The number of carboxylic acids is 1. The average molecular weight is 330 g/mol. The van der Waals surface area contributed by atoms with Crippen molar-refractivity contribution in [2.75, 3.05) is 13.1 Å². The molecule has 3 nitrogen and oxygen atoms in total. The normalized spacial score (nSPS) is 17.8. The number of carboxylic acid groups (broad SMARTS) is 1. The molecule has 2 aromatic rings. The largest absolute Gasteiger partial charge is 0.481 e. The third-order valence-electron chi connectivity index (χ3n) is 4.56. The lowest BCUT2D eigenvalue weighted by atomic mass is 9.91. The molecular weight excluding hydrogens is 310 g/mol. The van der Waals surface area contributed by atoms with Crippen LogP contribution in [0.2, 0.25) is 5.02 Å². The molecule has 0 aromatic heterocycles. The van der Waals surface area contributed by atoms with Gasteiger partial charge in [-0.2, -0.15) is 0 Å². The molecule has 23 heavy (non-hydrogen) atoms. The number of hydrogen-bond donors (Lipinski definition) is 1. The lowest BCUT2D eigenvalue weighted by Gasteiger charge is -2.37. The maximum absolute atomic E-state index is 11.2. The van der Waals surface area contributed by atoms with Gasteiger partial charge in [0.2, 0.25) is 0 Å². The van der Waals surface area contributed by atoms with Crippen LogP contribution in [-0.2, 0) is 4.79 Å². The van der Waals surface area contributed by atoms with Gasteiger partial charge in [0.15, 0.2) is 0 Å². The molecule has 1 aliphatic rings. The molecular formula is C19H20ClNO2. The van der Waals surface area contributed by atoms with Crippen molar-refractivity contribution >= 4 is 17.6 Å². The number of hydrogen-bond acceptors (Lipinski definition) is 2. The van der Waals surface area contributed by atoms with Crippen LogP contribution in [0.25, 0.3) is 0 Å². The number of halogens is 1. The van der Waals surface area contributed by atoms with Crippen molar-refractivity contribution in [2.45, 2.75) is 18.9 Å². The molecule has 1 unspecified atom stereocenters. The quantitative estimate of drug-likeness (QED) is 0.912. The standard InChI is InChI=1S/C19H20ClNO2/c20-17-9-5-4-8-16(17)18(14-6-2-1-3-7-14)21-12-10-15(11-13-21)19(22)23/h1-9,15,18H,10-13H2,(H,22,23). The van der Waals surface area contributed by atoms with E-state index in [4.69, 9.17) is 11.6 Å². The number of benzene rings is 2. The van der Waals surface area contributed by atoms with E-state index < -0.39 is 5.97 Å². The summed E-state index contributed by atoms with van der Waals surface area (Å²) in [6.45, 7) is 1.53. The highest BCUT2D eigenvalue weighted by molar-refractivity contribution is 6.31. The van der Waals surface area contributed by atoms with Crippen LogP contribution < -0.4 is 0 Å². The van der Waals surface area contributed by atoms with Crippen LogP contribution in [-0.4, -0.2) is 29.1 Å². The van der Waals surface area contributed by atoms with E-state index in [1.165, 1.54) is 5.56 Å². The van der Waals surface area contributed by atoms with Gasteiger partial charge in [0.1, 0.15) is 0 Å². The van der Waals surface area contributed by atoms with Crippen molar-refractivity contribution in [3.8, 4) is 0 Å². The Labute approximate surface area is 141 Å². The van der Waals surface area contributed by atoms with Crippen molar-refractivity contribution in [2.24, 2.45) is 5.92 Å². The molecule has 0 aliphatic carbocycles. The van der Waals surface area contributed by atoms with Gasteiger partial charge in [-0.15, -0.1) is 0 Å². The van der Waals surface area contributed by atoms with E-state index in [0.29, 0.717) is 12.8 Å². The molecule has 0 saturated carbocycles. The van der Waals surface area contributed by atoms with Gasteiger partial charge in [0.25, 0.3) is 0 Å². The number of likely N-dealkylation sites (tertiary alicyclic amines) is 1. The number of carbonyl (C=O) groups is 1. The summed E-state index contributed by atoms with van der Waals surface area (Å²) in [5, 5.41) is 9.95. The van der Waals surface area contributed by atoms with Crippen molar-refractivity contribution in [3.05, 3.63) is 70.7 Å². The van der Waals surface area contributed by atoms with Crippen LogP contribution in [0, 0.1) is 5.92 Å². The number of aliphatic carboxylic acids is 1. The Morgan fingerprint density at radius 3 is 2.26 bits per heavy atom. The zero-order valence-electron chi connectivity index (χ0n) is 12.9. The SMILES string of the molecule is O=C(O)C1CCN(C(c2ccccc2)c2ccccc2Cl)CC1. The Kier molecular flexibility index (Phi) is 4.99. The minimum Gasteiger partial charge on any atom is -0.481 e. The predicted octanol–water partition coefficient (Wildman–Crippen LogP) is 4.23. The highest BCUT2D eigenvalue weighted by Crippen LogP contribution is 2.35. The van der Waals surface area contributed by atoms with Crippen LogP contribution in [0.5, 0.6) is 0 Å². The summed E-state index contributed by atoms with van der Waals surface area (Å²) in [6, 6.07) is 18.3. The van der Waals surface area contributed by atoms with Crippen LogP contribution in [0.15, 0.2) is 54.6 Å². The maximum Gasteiger partial charge on any atom is 0.306 e. The minimum atomic E-state index is -0.682. The van der Waals surface area contributed by atoms with E-state index in [9.17, 15) is 9.90 Å². The lowest BCUT2D eigenvalue weighted by Crippen LogP contribution is -2.39. The van der Waals surface area contributed by atoms with Gasteiger partial charge in [0.05, 0.1) is 12.0 Å². The molecule has 0 bridgehead atoms. The number of piperidine rings is 1. The average Bonchev–Trinajstić information content (AvgIpc) is 2.58. The molecule has 1 heterocycles. The summed E-state index contributed by atoms with van der Waals surface area (Å²) >= 11 is 6.45. The summed E-state index contributed by atoms with van der Waals surface area (Å²) < 4.78 is 0. The Balaban J connectivity index is 1.91. The second-order valence-corrected chi connectivity index (χ2v) is 6.39. The fraction of sp³-hybridized carbons (Fsp3) is 0.316. The van der Waals surface area contributed by atoms with Crippen LogP contribution >= 0.6 is 11.6 Å². The van der Waals surface area contributed by atoms with Crippen molar-refractivity contribution in [1.29, 1.82) is 0 Å². The van der Waals surface area contributed by atoms with E-state index >= 15 is 0 Å². The van der Waals surface area contributed by atoms with Gasteiger partial charge >= 0.3 is 5.97 Å². The molecule has 1 N–H and O–H groups in total. The first-order valence-corrected chi connectivity index (χ1v) is 8.31. The minimum absolute atomic E-state index is 0.0691. The molecule has 1 fully saturated rings. The van der Waals surface area contributed by atoms with E-state index in [1.54, 1.807) is 0 Å². The molecule has 4 heteroatoms. The van der Waals surface area contributed by atoms with Gasteiger partial charge in [-0.25, -0.2) is 0 Å². The molecule has 1 atom stereocenters. The predicted molar refractivity (Wildman–Crippen MR) is 91.7 cm³/mol. The van der Waals surface area contributed by atoms with E-state index in [-0.39, 0.29) is 12.0 Å². The fourth-order valence-electron chi connectivity index (χ4n) is 3.32. The highest BCUT2D eigenvalue weighted by atomic mass is 35.5. The topological polar surface area (TPSA) is 40.5 Å². The third-order valence-corrected chi connectivity index (χ3v) is 4.90. The monoisotopic (exact) mass is 329 g/mol. The van der Waals surface area contributed by atoms with Crippen LogP contribution in [0.1, 0.15) is 30.0 Å². The fourth-order valence-corrected chi connectivity index (χ4v) is 3.56. The second-order valence-electron chi connectivity index (χ2n) is 5.98. The molecule has 0 radical (unpaired) electrons. The van der Waals surface area contributed by atoms with E-state index in [0.717, 1.165) is 23.7 Å². The van der Waals surface area contributed by atoms with Gasteiger partial charge in [-0.3, -0.25) is 9.69 Å². The smallest absolute Gasteiger partial charge is 0.306 e. The molecule has 1 aliphatic heterocycles. The summed E-state index contributed by atoms with van der Waals surface area (Å²) in [7, 11) is 0. The maximum atomic E-state index is 11.2. The van der Waals surface area contributed by atoms with Crippen molar-refractivity contribution < 1.29 is 9.90 Å². The number of nitrogens with zero attached hydrogens (tertiary/aromatic N) is 1.